The van der Waals surface area contributed by atoms with Crippen molar-refractivity contribution in [2.45, 2.75) is 6.54 Å². The molecule has 0 aliphatic rings. The van der Waals surface area contributed by atoms with Crippen LogP contribution in [0.1, 0.15) is 5.56 Å². The fourth-order valence-electron chi connectivity index (χ4n) is 3.33. The number of para-hydroxylation sites is 2. The van der Waals surface area contributed by atoms with Crippen LogP contribution in [-0.4, -0.2) is 14.5 Å². The number of hydrogen-bond donors (Lipinski definition) is 0. The third-order valence-electron chi connectivity index (χ3n) is 4.66. The normalized spacial score (nSPS) is 11.3. The molecule has 0 amide bonds. The number of aromatic nitrogens is 3. The quantitative estimate of drug-likeness (QED) is 0.486. The standard InChI is InChI=1S/C22H15N3O2/c26-21-13-23-19-6-1-2-7-20(19)25(21)14-15-4-3-5-16(10-15)18-11-17-8-9-27-22(17)24-12-18/h1-13H,14H2. The van der Waals surface area contributed by atoms with E-state index in [4.69, 9.17) is 4.42 Å². The first-order chi connectivity index (χ1) is 13.3. The fourth-order valence-corrected chi connectivity index (χ4v) is 3.33. The minimum absolute atomic E-state index is 0.111. The first-order valence-corrected chi connectivity index (χ1v) is 8.65. The summed E-state index contributed by atoms with van der Waals surface area (Å²) in [6.07, 6.45) is 4.82. The van der Waals surface area contributed by atoms with Crippen molar-refractivity contribution in [2.24, 2.45) is 0 Å². The number of benzene rings is 2. The number of fused-ring (bicyclic) bond motifs is 2. The highest BCUT2D eigenvalue weighted by Crippen LogP contribution is 2.24. The molecule has 5 nitrogen and oxygen atoms in total. The van der Waals surface area contributed by atoms with Crippen LogP contribution in [0.2, 0.25) is 0 Å². The van der Waals surface area contributed by atoms with Gasteiger partial charge in [0.2, 0.25) is 5.71 Å². The number of hydrogen-bond acceptors (Lipinski definition) is 4. The molecule has 5 rings (SSSR count). The van der Waals surface area contributed by atoms with Gasteiger partial charge in [-0.3, -0.25) is 4.79 Å². The zero-order chi connectivity index (χ0) is 18.2. The average molecular weight is 353 g/mol. The molecule has 0 radical (unpaired) electrons. The van der Waals surface area contributed by atoms with Crippen molar-refractivity contribution < 1.29 is 4.42 Å². The van der Waals surface area contributed by atoms with Gasteiger partial charge in [0.05, 0.1) is 30.0 Å². The van der Waals surface area contributed by atoms with Crippen LogP contribution in [0, 0.1) is 0 Å². The van der Waals surface area contributed by atoms with Gasteiger partial charge in [-0.05, 0) is 41.5 Å². The van der Waals surface area contributed by atoms with Crippen LogP contribution in [0.3, 0.4) is 0 Å². The van der Waals surface area contributed by atoms with Crippen molar-refractivity contribution in [3.63, 3.8) is 0 Å². The molecule has 3 aromatic heterocycles. The molecule has 0 N–H and O–H groups in total. The van der Waals surface area contributed by atoms with E-state index >= 15 is 0 Å². The maximum absolute atomic E-state index is 12.4. The third kappa shape index (κ3) is 2.79. The molecule has 0 aliphatic carbocycles. The lowest BCUT2D eigenvalue weighted by atomic mass is 10.0. The highest BCUT2D eigenvalue weighted by Gasteiger charge is 2.07. The van der Waals surface area contributed by atoms with Gasteiger partial charge in [-0.15, -0.1) is 0 Å². The summed E-state index contributed by atoms with van der Waals surface area (Å²) >= 11 is 0. The third-order valence-corrected chi connectivity index (χ3v) is 4.66. The van der Waals surface area contributed by atoms with Gasteiger partial charge in [0.1, 0.15) is 0 Å². The Kier molecular flexibility index (Phi) is 3.57. The summed E-state index contributed by atoms with van der Waals surface area (Å²) in [7, 11) is 0. The summed E-state index contributed by atoms with van der Waals surface area (Å²) in [6.45, 7) is 0.483. The predicted octanol–water partition coefficient (Wildman–Crippen LogP) is 4.25. The number of rotatable bonds is 3. The van der Waals surface area contributed by atoms with E-state index in [-0.39, 0.29) is 5.56 Å². The highest BCUT2D eigenvalue weighted by molar-refractivity contribution is 5.80. The molecular formula is C22H15N3O2. The zero-order valence-corrected chi connectivity index (χ0v) is 14.4. The molecule has 0 unspecified atom stereocenters. The fraction of sp³-hybridized carbons (Fsp3) is 0.0455. The number of pyridine rings is 1. The summed E-state index contributed by atoms with van der Waals surface area (Å²) < 4.78 is 7.06. The van der Waals surface area contributed by atoms with Crippen molar-refractivity contribution in [3.8, 4) is 11.1 Å². The Bertz CT molecular complexity index is 1330. The largest absolute Gasteiger partial charge is 0.446 e. The Morgan fingerprint density at radius 2 is 1.81 bits per heavy atom. The van der Waals surface area contributed by atoms with Crippen LogP contribution in [0.15, 0.2) is 88.5 Å². The van der Waals surface area contributed by atoms with E-state index < -0.39 is 0 Å². The summed E-state index contributed by atoms with van der Waals surface area (Å²) in [5, 5.41) is 0.967. The lowest BCUT2D eigenvalue weighted by molar-refractivity contribution is 0.603. The predicted molar refractivity (Wildman–Crippen MR) is 105 cm³/mol. The van der Waals surface area contributed by atoms with Crippen molar-refractivity contribution >= 4 is 22.1 Å². The summed E-state index contributed by atoms with van der Waals surface area (Å²) in [4.78, 5) is 21.0. The SMILES string of the molecule is O=c1cnc2ccccc2n1Cc1cccc(-c2cnc3occc3c2)c1. The van der Waals surface area contributed by atoms with Crippen molar-refractivity contribution in [3.05, 3.63) is 95.2 Å². The average Bonchev–Trinajstić information content (AvgIpc) is 3.18. The van der Waals surface area contributed by atoms with E-state index in [9.17, 15) is 4.79 Å². The molecule has 0 bridgehead atoms. The van der Waals surface area contributed by atoms with Crippen molar-refractivity contribution in [1.29, 1.82) is 0 Å². The first kappa shape index (κ1) is 15.5. The van der Waals surface area contributed by atoms with E-state index in [1.807, 2.05) is 48.5 Å². The molecule has 0 saturated heterocycles. The second kappa shape index (κ2) is 6.21. The maximum Gasteiger partial charge on any atom is 0.269 e. The highest BCUT2D eigenvalue weighted by atomic mass is 16.3. The monoisotopic (exact) mass is 353 g/mol. The maximum atomic E-state index is 12.4. The number of furan rings is 1. The summed E-state index contributed by atoms with van der Waals surface area (Å²) in [5.74, 6) is 0. The Hall–Kier alpha value is -3.73. The molecule has 0 aliphatic heterocycles. The minimum atomic E-state index is -0.111. The van der Waals surface area contributed by atoms with Gasteiger partial charge in [0.25, 0.3) is 5.56 Å². The van der Waals surface area contributed by atoms with Gasteiger partial charge in [0.15, 0.2) is 0 Å². The van der Waals surface area contributed by atoms with Gasteiger partial charge < -0.3 is 8.98 Å². The second-order valence-corrected chi connectivity index (χ2v) is 6.41. The Morgan fingerprint density at radius 1 is 0.889 bits per heavy atom. The summed E-state index contributed by atoms with van der Waals surface area (Å²) in [6, 6.07) is 19.8. The van der Waals surface area contributed by atoms with E-state index in [0.29, 0.717) is 12.3 Å². The first-order valence-electron chi connectivity index (χ1n) is 8.65. The van der Waals surface area contributed by atoms with E-state index in [1.54, 1.807) is 17.0 Å². The van der Waals surface area contributed by atoms with Crippen LogP contribution in [-0.2, 0) is 6.54 Å². The van der Waals surface area contributed by atoms with Gasteiger partial charge in [0, 0.05) is 17.1 Å². The van der Waals surface area contributed by atoms with Gasteiger partial charge in [-0.1, -0.05) is 30.3 Å². The van der Waals surface area contributed by atoms with Crippen LogP contribution in [0.25, 0.3) is 33.3 Å². The van der Waals surface area contributed by atoms with Gasteiger partial charge in [-0.2, -0.15) is 0 Å². The lowest BCUT2D eigenvalue weighted by Gasteiger charge is -2.11. The van der Waals surface area contributed by atoms with E-state index in [1.165, 1.54) is 6.20 Å². The Balaban J connectivity index is 1.57. The minimum Gasteiger partial charge on any atom is -0.446 e. The lowest BCUT2D eigenvalue weighted by Crippen LogP contribution is -2.21. The zero-order valence-electron chi connectivity index (χ0n) is 14.4. The van der Waals surface area contributed by atoms with Crippen LogP contribution < -0.4 is 5.56 Å². The molecule has 5 heteroatoms. The molecule has 0 saturated carbocycles. The Labute approximate surface area is 154 Å². The number of nitrogens with zero attached hydrogens (tertiary/aromatic N) is 3. The molecule has 0 fully saturated rings. The van der Waals surface area contributed by atoms with Gasteiger partial charge >= 0.3 is 0 Å². The van der Waals surface area contributed by atoms with Crippen molar-refractivity contribution in [1.82, 2.24) is 14.5 Å². The molecular weight excluding hydrogens is 338 g/mol. The molecule has 2 aromatic carbocycles. The second-order valence-electron chi connectivity index (χ2n) is 6.41. The molecule has 130 valence electrons. The smallest absolute Gasteiger partial charge is 0.269 e. The molecule has 5 aromatic rings. The molecule has 27 heavy (non-hydrogen) atoms. The van der Waals surface area contributed by atoms with E-state index in [0.717, 1.165) is 33.1 Å². The van der Waals surface area contributed by atoms with E-state index in [2.05, 4.69) is 22.1 Å². The summed E-state index contributed by atoms with van der Waals surface area (Å²) in [5.41, 5.74) is 5.26. The molecule has 3 heterocycles. The molecule has 0 atom stereocenters. The Morgan fingerprint density at radius 3 is 2.78 bits per heavy atom. The van der Waals surface area contributed by atoms with Crippen LogP contribution in [0.4, 0.5) is 0 Å². The van der Waals surface area contributed by atoms with Crippen molar-refractivity contribution in [2.75, 3.05) is 0 Å². The van der Waals surface area contributed by atoms with Crippen LogP contribution in [0.5, 0.6) is 0 Å². The molecule has 0 spiro atoms. The van der Waals surface area contributed by atoms with Gasteiger partial charge in [-0.25, -0.2) is 9.97 Å². The van der Waals surface area contributed by atoms with Crippen LogP contribution >= 0.6 is 0 Å². The topological polar surface area (TPSA) is 60.9 Å².